The Labute approximate surface area is 47.8 Å². The first kappa shape index (κ1) is 6.70. The average molecular weight is 112 g/mol. The SMILES string of the molecule is C=CC(=C)C[SiH2]C. The van der Waals surface area contributed by atoms with Crippen LogP contribution in [0.4, 0.5) is 0 Å². The van der Waals surface area contributed by atoms with Crippen LogP contribution in [0.1, 0.15) is 0 Å². The molecule has 7 heavy (non-hydrogen) atoms. The molecule has 1 heteroatoms. The van der Waals surface area contributed by atoms with Gasteiger partial charge in [-0.25, -0.2) is 0 Å². The summed E-state index contributed by atoms with van der Waals surface area (Å²) in [6.07, 6.45) is 1.84. The maximum atomic E-state index is 3.78. The number of hydrogen-bond donors (Lipinski definition) is 0. The van der Waals surface area contributed by atoms with E-state index < -0.39 is 0 Å². The fraction of sp³-hybridized carbons (Fsp3) is 0.333. The molecule has 0 rings (SSSR count). The van der Waals surface area contributed by atoms with E-state index in [2.05, 4.69) is 19.7 Å². The topological polar surface area (TPSA) is 0 Å². The van der Waals surface area contributed by atoms with Crippen LogP contribution in [0, 0.1) is 0 Å². The van der Waals surface area contributed by atoms with Crippen LogP contribution in [0.15, 0.2) is 24.8 Å². The second kappa shape index (κ2) is 3.87. The molecule has 0 fully saturated rings. The zero-order chi connectivity index (χ0) is 5.70. The van der Waals surface area contributed by atoms with Crippen LogP contribution in [-0.4, -0.2) is 9.52 Å². The van der Waals surface area contributed by atoms with Crippen LogP contribution >= 0.6 is 0 Å². The van der Waals surface area contributed by atoms with E-state index in [1.807, 2.05) is 6.08 Å². The van der Waals surface area contributed by atoms with Crippen molar-refractivity contribution in [2.45, 2.75) is 12.6 Å². The summed E-state index contributed by atoms with van der Waals surface area (Å²) in [5.41, 5.74) is 1.20. The quantitative estimate of drug-likeness (QED) is 0.382. The van der Waals surface area contributed by atoms with Gasteiger partial charge in [-0.15, -0.1) is 0 Å². The molecule has 0 N–H and O–H groups in total. The molecule has 0 amide bonds. The molecule has 0 aliphatic heterocycles. The van der Waals surface area contributed by atoms with Gasteiger partial charge in [0.1, 0.15) is 0 Å². The Balaban J connectivity index is 3.17. The molecule has 0 aliphatic carbocycles. The molecule has 0 aliphatic rings. The molecule has 0 radical (unpaired) electrons. The van der Waals surface area contributed by atoms with E-state index in [1.54, 1.807) is 0 Å². The van der Waals surface area contributed by atoms with E-state index in [9.17, 15) is 0 Å². The molecule has 0 atom stereocenters. The molecule has 0 saturated heterocycles. The minimum atomic E-state index is 0.185. The molecule has 0 aromatic heterocycles. The van der Waals surface area contributed by atoms with Gasteiger partial charge in [-0.3, -0.25) is 0 Å². The van der Waals surface area contributed by atoms with E-state index >= 15 is 0 Å². The summed E-state index contributed by atoms with van der Waals surface area (Å²) in [5.74, 6) is 0. The van der Waals surface area contributed by atoms with Crippen molar-refractivity contribution in [3.05, 3.63) is 24.8 Å². The van der Waals surface area contributed by atoms with E-state index in [4.69, 9.17) is 0 Å². The van der Waals surface area contributed by atoms with Crippen LogP contribution in [0.3, 0.4) is 0 Å². The van der Waals surface area contributed by atoms with Gasteiger partial charge in [0.15, 0.2) is 0 Å². The van der Waals surface area contributed by atoms with Crippen molar-refractivity contribution >= 4 is 9.52 Å². The van der Waals surface area contributed by atoms with Crippen molar-refractivity contribution in [3.63, 3.8) is 0 Å². The van der Waals surface area contributed by atoms with Crippen LogP contribution in [-0.2, 0) is 0 Å². The third-order valence-electron chi connectivity index (χ3n) is 0.860. The Bertz CT molecular complexity index is 74.2. The van der Waals surface area contributed by atoms with Gasteiger partial charge in [-0.05, 0) is 6.04 Å². The summed E-state index contributed by atoms with van der Waals surface area (Å²) in [5, 5.41) is 0. The summed E-state index contributed by atoms with van der Waals surface area (Å²) in [7, 11) is 0.185. The van der Waals surface area contributed by atoms with E-state index in [0.29, 0.717) is 0 Å². The summed E-state index contributed by atoms with van der Waals surface area (Å²) in [6, 6.07) is 1.23. The lowest BCUT2D eigenvalue weighted by atomic mass is 10.4. The van der Waals surface area contributed by atoms with Crippen molar-refractivity contribution in [2.75, 3.05) is 0 Å². The van der Waals surface area contributed by atoms with Gasteiger partial charge in [0.25, 0.3) is 0 Å². The smallest absolute Gasteiger partial charge is 0.0217 e. The monoisotopic (exact) mass is 112 g/mol. The number of rotatable bonds is 3. The van der Waals surface area contributed by atoms with Crippen molar-refractivity contribution in [1.82, 2.24) is 0 Å². The standard InChI is InChI=1S/C6H12Si/c1-4-6(2)5-7-3/h4H,1-2,5,7H2,3H3. The lowest BCUT2D eigenvalue weighted by Gasteiger charge is -1.89. The van der Waals surface area contributed by atoms with Crippen molar-refractivity contribution < 1.29 is 0 Å². The zero-order valence-corrected chi connectivity index (χ0v) is 6.32. The van der Waals surface area contributed by atoms with Gasteiger partial charge >= 0.3 is 0 Å². The molecule has 0 nitrogen and oxygen atoms in total. The molecular formula is C6H12Si. The van der Waals surface area contributed by atoms with E-state index in [1.165, 1.54) is 11.6 Å². The Morgan fingerprint density at radius 3 is 2.57 bits per heavy atom. The van der Waals surface area contributed by atoms with Crippen LogP contribution in [0.25, 0.3) is 0 Å². The first-order valence-corrected chi connectivity index (χ1v) is 5.03. The Morgan fingerprint density at radius 1 is 1.86 bits per heavy atom. The molecular weight excluding hydrogens is 100 g/mol. The van der Waals surface area contributed by atoms with Crippen LogP contribution in [0.5, 0.6) is 0 Å². The fourth-order valence-electron chi connectivity index (χ4n) is 0.423. The molecule has 0 bridgehead atoms. The molecule has 0 spiro atoms. The first-order chi connectivity index (χ1) is 3.31. The minimum absolute atomic E-state index is 0.185. The molecule has 0 aromatic rings. The third kappa shape index (κ3) is 3.53. The maximum absolute atomic E-state index is 3.78. The molecule has 0 aromatic carbocycles. The summed E-state index contributed by atoms with van der Waals surface area (Å²) in [4.78, 5) is 0. The normalized spacial score (nSPS) is 9.86. The fourth-order valence-corrected chi connectivity index (χ4v) is 1.27. The van der Waals surface area contributed by atoms with Gasteiger partial charge in [0.2, 0.25) is 0 Å². The zero-order valence-electron chi connectivity index (χ0n) is 4.91. The largest absolute Gasteiger partial charge is 0.0988 e. The highest BCUT2D eigenvalue weighted by molar-refractivity contribution is 6.34. The second-order valence-electron chi connectivity index (χ2n) is 1.61. The summed E-state index contributed by atoms with van der Waals surface area (Å²) >= 11 is 0. The second-order valence-corrected chi connectivity index (χ2v) is 3.11. The van der Waals surface area contributed by atoms with Crippen molar-refractivity contribution in [1.29, 1.82) is 0 Å². The highest BCUT2D eigenvalue weighted by atomic mass is 28.2. The third-order valence-corrected chi connectivity index (χ3v) is 2.00. The Hall–Kier alpha value is -0.303. The van der Waals surface area contributed by atoms with Crippen molar-refractivity contribution in [3.8, 4) is 0 Å². The number of allylic oxidation sites excluding steroid dienone is 2. The van der Waals surface area contributed by atoms with Gasteiger partial charge in [0.05, 0.1) is 0 Å². The van der Waals surface area contributed by atoms with Gasteiger partial charge in [0, 0.05) is 9.52 Å². The predicted molar refractivity (Wildman–Crippen MR) is 38.6 cm³/mol. The molecule has 0 unspecified atom stereocenters. The highest BCUT2D eigenvalue weighted by Crippen LogP contribution is 1.95. The Morgan fingerprint density at radius 2 is 2.43 bits per heavy atom. The molecule has 40 valence electrons. The molecule has 0 heterocycles. The van der Waals surface area contributed by atoms with Crippen LogP contribution < -0.4 is 0 Å². The van der Waals surface area contributed by atoms with Gasteiger partial charge in [-0.1, -0.05) is 31.4 Å². The summed E-state index contributed by atoms with van der Waals surface area (Å²) in [6.45, 7) is 9.65. The van der Waals surface area contributed by atoms with Crippen molar-refractivity contribution in [2.24, 2.45) is 0 Å². The number of hydrogen-bond acceptors (Lipinski definition) is 0. The lowest BCUT2D eigenvalue weighted by Crippen LogP contribution is -1.79. The Kier molecular flexibility index (Phi) is 3.70. The molecule has 0 saturated carbocycles. The van der Waals surface area contributed by atoms with Crippen LogP contribution in [0.2, 0.25) is 12.6 Å². The van der Waals surface area contributed by atoms with E-state index in [0.717, 1.165) is 0 Å². The predicted octanol–water partition coefficient (Wildman–Crippen LogP) is 1.36. The summed E-state index contributed by atoms with van der Waals surface area (Å²) < 4.78 is 0. The minimum Gasteiger partial charge on any atom is -0.0988 e. The van der Waals surface area contributed by atoms with Gasteiger partial charge < -0.3 is 0 Å². The highest BCUT2D eigenvalue weighted by Gasteiger charge is 1.80. The first-order valence-electron chi connectivity index (χ1n) is 2.61. The average Bonchev–Trinajstić information content (AvgIpc) is 1.68. The lowest BCUT2D eigenvalue weighted by molar-refractivity contribution is 1.53. The van der Waals surface area contributed by atoms with Gasteiger partial charge in [-0.2, -0.15) is 0 Å². The maximum Gasteiger partial charge on any atom is 0.0217 e. The van der Waals surface area contributed by atoms with E-state index in [-0.39, 0.29) is 9.52 Å².